The van der Waals surface area contributed by atoms with E-state index in [0.717, 1.165) is 24.2 Å². The number of anilines is 1. The first-order valence-corrected chi connectivity index (χ1v) is 7.00. The molecule has 1 N–H and O–H groups in total. The molecule has 0 amide bonds. The van der Waals surface area contributed by atoms with E-state index >= 15 is 0 Å². The van der Waals surface area contributed by atoms with Crippen molar-refractivity contribution in [2.75, 3.05) is 25.0 Å². The second-order valence-electron chi connectivity index (χ2n) is 5.64. The Bertz CT molecular complexity index is 443. The summed E-state index contributed by atoms with van der Waals surface area (Å²) < 4.78 is 38.0. The molecule has 0 fully saturated rings. The lowest BCUT2D eigenvalue weighted by molar-refractivity contribution is -0.150. The fraction of sp³-hybridized carbons (Fsp3) is 0.600. The Morgan fingerprint density at radius 2 is 2.00 bits per heavy atom. The summed E-state index contributed by atoms with van der Waals surface area (Å²) >= 11 is 0. The van der Waals surface area contributed by atoms with Crippen LogP contribution in [0.2, 0.25) is 0 Å². The molecule has 20 heavy (non-hydrogen) atoms. The Hall–Kier alpha value is -1.23. The predicted molar refractivity (Wildman–Crippen MR) is 75.1 cm³/mol. The van der Waals surface area contributed by atoms with Crippen molar-refractivity contribution in [1.29, 1.82) is 0 Å². The van der Waals surface area contributed by atoms with E-state index in [1.54, 1.807) is 0 Å². The molecular formula is C15H21F3N2. The zero-order valence-corrected chi connectivity index (χ0v) is 11.9. The topological polar surface area (TPSA) is 15.3 Å². The van der Waals surface area contributed by atoms with E-state index in [-0.39, 0.29) is 12.0 Å². The molecule has 1 unspecified atom stereocenters. The van der Waals surface area contributed by atoms with Crippen LogP contribution in [0.25, 0.3) is 0 Å². The van der Waals surface area contributed by atoms with Crippen molar-refractivity contribution >= 4 is 5.69 Å². The minimum Gasteiger partial charge on any atom is -0.385 e. The Labute approximate surface area is 118 Å². The average Bonchev–Trinajstić information content (AvgIpc) is 2.36. The summed E-state index contributed by atoms with van der Waals surface area (Å²) in [5.74, 6) is 0.164. The highest BCUT2D eigenvalue weighted by Crippen LogP contribution is 2.32. The third-order valence-electron chi connectivity index (χ3n) is 3.78. The lowest BCUT2D eigenvalue weighted by Gasteiger charge is -2.34. The van der Waals surface area contributed by atoms with E-state index in [0.29, 0.717) is 6.54 Å². The summed E-state index contributed by atoms with van der Waals surface area (Å²) in [7, 11) is 0. The van der Waals surface area contributed by atoms with Crippen molar-refractivity contribution in [3.8, 4) is 0 Å². The van der Waals surface area contributed by atoms with Crippen LogP contribution in [0.1, 0.15) is 31.7 Å². The number of fused-ring (bicyclic) bond motifs is 1. The van der Waals surface area contributed by atoms with Gasteiger partial charge in [-0.2, -0.15) is 13.2 Å². The first kappa shape index (κ1) is 15.2. The van der Waals surface area contributed by atoms with Gasteiger partial charge in [-0.1, -0.05) is 18.2 Å². The minimum absolute atomic E-state index is 0.112. The highest BCUT2D eigenvalue weighted by molar-refractivity contribution is 5.54. The van der Waals surface area contributed by atoms with Crippen LogP contribution in [-0.2, 0) is 0 Å². The SMILES string of the molecule is CC(C)N(CC1CCNc2ccccc21)CC(F)(F)F. The standard InChI is InChI=1S/C15H21F3N2/c1-11(2)20(10-15(16,17)18)9-12-7-8-19-14-6-4-3-5-13(12)14/h3-6,11-12,19H,7-10H2,1-2H3. The number of hydrogen-bond acceptors (Lipinski definition) is 2. The molecule has 0 saturated heterocycles. The lowest BCUT2D eigenvalue weighted by Crippen LogP contribution is -2.42. The maximum absolute atomic E-state index is 12.7. The van der Waals surface area contributed by atoms with Gasteiger partial charge in [0.25, 0.3) is 0 Å². The van der Waals surface area contributed by atoms with Crippen LogP contribution < -0.4 is 5.32 Å². The number of benzene rings is 1. The minimum atomic E-state index is -4.14. The van der Waals surface area contributed by atoms with Crippen LogP contribution in [0.3, 0.4) is 0 Å². The molecule has 0 aromatic heterocycles. The molecule has 0 radical (unpaired) electrons. The van der Waals surface area contributed by atoms with E-state index in [4.69, 9.17) is 0 Å². The fourth-order valence-corrected chi connectivity index (χ4v) is 2.71. The number of hydrogen-bond donors (Lipinski definition) is 1. The third kappa shape index (κ3) is 3.88. The van der Waals surface area contributed by atoms with E-state index in [1.165, 1.54) is 4.90 Å². The summed E-state index contributed by atoms with van der Waals surface area (Å²) in [6.07, 6.45) is -3.27. The maximum Gasteiger partial charge on any atom is 0.401 e. The summed E-state index contributed by atoms with van der Waals surface area (Å²) in [5, 5.41) is 3.30. The first-order valence-electron chi connectivity index (χ1n) is 7.00. The van der Waals surface area contributed by atoms with Crippen LogP contribution in [0.5, 0.6) is 0 Å². The van der Waals surface area contributed by atoms with Crippen molar-refractivity contribution in [2.24, 2.45) is 0 Å². The van der Waals surface area contributed by atoms with Crippen LogP contribution in [-0.4, -0.2) is 36.8 Å². The van der Waals surface area contributed by atoms with Gasteiger partial charge in [-0.05, 0) is 31.9 Å². The van der Waals surface area contributed by atoms with Crippen molar-refractivity contribution in [3.05, 3.63) is 29.8 Å². The van der Waals surface area contributed by atoms with E-state index in [9.17, 15) is 13.2 Å². The molecule has 0 bridgehead atoms. The van der Waals surface area contributed by atoms with E-state index < -0.39 is 12.7 Å². The summed E-state index contributed by atoms with van der Waals surface area (Å²) in [4.78, 5) is 1.52. The van der Waals surface area contributed by atoms with Gasteiger partial charge in [0, 0.05) is 30.7 Å². The third-order valence-corrected chi connectivity index (χ3v) is 3.78. The van der Waals surface area contributed by atoms with Gasteiger partial charge in [0.2, 0.25) is 0 Å². The van der Waals surface area contributed by atoms with Gasteiger partial charge >= 0.3 is 6.18 Å². The molecule has 2 nitrogen and oxygen atoms in total. The number of para-hydroxylation sites is 1. The zero-order chi connectivity index (χ0) is 14.8. The second kappa shape index (κ2) is 6.04. The number of alkyl halides is 3. The van der Waals surface area contributed by atoms with Gasteiger partial charge in [-0.3, -0.25) is 4.90 Å². The molecule has 1 aliphatic rings. The maximum atomic E-state index is 12.7. The monoisotopic (exact) mass is 286 g/mol. The summed E-state index contributed by atoms with van der Waals surface area (Å²) in [6, 6.07) is 7.79. The molecule has 0 aliphatic carbocycles. The molecule has 2 rings (SSSR count). The van der Waals surface area contributed by atoms with Gasteiger partial charge in [-0.15, -0.1) is 0 Å². The quantitative estimate of drug-likeness (QED) is 0.904. The second-order valence-corrected chi connectivity index (χ2v) is 5.64. The van der Waals surface area contributed by atoms with E-state index in [2.05, 4.69) is 5.32 Å². The average molecular weight is 286 g/mol. The number of nitrogens with one attached hydrogen (secondary N) is 1. The van der Waals surface area contributed by atoms with Gasteiger partial charge in [0.05, 0.1) is 6.54 Å². The largest absolute Gasteiger partial charge is 0.401 e. The van der Waals surface area contributed by atoms with Crippen molar-refractivity contribution in [3.63, 3.8) is 0 Å². The lowest BCUT2D eigenvalue weighted by atomic mass is 9.90. The molecule has 112 valence electrons. The molecule has 1 aromatic rings. The Kier molecular flexibility index (Phi) is 4.58. The fourth-order valence-electron chi connectivity index (χ4n) is 2.71. The Balaban J connectivity index is 2.12. The molecule has 1 heterocycles. The molecular weight excluding hydrogens is 265 g/mol. The van der Waals surface area contributed by atoms with Crippen molar-refractivity contribution in [2.45, 2.75) is 38.4 Å². The number of nitrogens with zero attached hydrogens (tertiary/aromatic N) is 1. The van der Waals surface area contributed by atoms with Crippen molar-refractivity contribution in [1.82, 2.24) is 4.90 Å². The molecule has 0 saturated carbocycles. The predicted octanol–water partition coefficient (Wildman–Crippen LogP) is 3.86. The molecule has 0 spiro atoms. The van der Waals surface area contributed by atoms with Crippen LogP contribution in [0, 0.1) is 0 Å². The molecule has 1 aromatic carbocycles. The van der Waals surface area contributed by atoms with E-state index in [1.807, 2.05) is 38.1 Å². The molecule has 1 atom stereocenters. The normalized spacial score (nSPS) is 19.1. The van der Waals surface area contributed by atoms with Gasteiger partial charge < -0.3 is 5.32 Å². The molecule has 5 heteroatoms. The number of halogens is 3. The Morgan fingerprint density at radius 1 is 1.30 bits per heavy atom. The Morgan fingerprint density at radius 3 is 2.65 bits per heavy atom. The van der Waals surface area contributed by atoms with Crippen LogP contribution in [0.4, 0.5) is 18.9 Å². The highest BCUT2D eigenvalue weighted by atomic mass is 19.4. The van der Waals surface area contributed by atoms with Crippen LogP contribution >= 0.6 is 0 Å². The van der Waals surface area contributed by atoms with Gasteiger partial charge in [0.1, 0.15) is 0 Å². The number of rotatable bonds is 4. The zero-order valence-electron chi connectivity index (χ0n) is 11.9. The molecule has 1 aliphatic heterocycles. The highest BCUT2D eigenvalue weighted by Gasteiger charge is 2.33. The van der Waals surface area contributed by atoms with Crippen LogP contribution in [0.15, 0.2) is 24.3 Å². The van der Waals surface area contributed by atoms with Gasteiger partial charge in [-0.25, -0.2) is 0 Å². The van der Waals surface area contributed by atoms with Gasteiger partial charge in [0.15, 0.2) is 0 Å². The summed E-state index contributed by atoms with van der Waals surface area (Å²) in [6.45, 7) is 4.07. The van der Waals surface area contributed by atoms with Crippen molar-refractivity contribution < 1.29 is 13.2 Å². The first-order chi connectivity index (χ1) is 9.37. The summed E-state index contributed by atoms with van der Waals surface area (Å²) in [5.41, 5.74) is 2.19. The smallest absolute Gasteiger partial charge is 0.385 e.